The van der Waals surface area contributed by atoms with Crippen LogP contribution in [0.3, 0.4) is 0 Å². The average molecular weight is 220 g/mol. The molecular weight excluding hydrogens is 200 g/mol. The van der Waals surface area contributed by atoms with Crippen LogP contribution in [-0.2, 0) is 0 Å². The third-order valence-corrected chi connectivity index (χ3v) is 3.06. The van der Waals surface area contributed by atoms with Gasteiger partial charge >= 0.3 is 0 Å². The minimum atomic E-state index is -0.0219. The Kier molecular flexibility index (Phi) is 3.31. The average Bonchev–Trinajstić information content (AvgIpc) is 2.24. The van der Waals surface area contributed by atoms with E-state index in [1.165, 1.54) is 5.70 Å². The van der Waals surface area contributed by atoms with Gasteiger partial charge in [0.05, 0.1) is 6.04 Å². The summed E-state index contributed by atoms with van der Waals surface area (Å²) >= 11 is 0. The van der Waals surface area contributed by atoms with Gasteiger partial charge in [0.2, 0.25) is 0 Å². The van der Waals surface area contributed by atoms with E-state index in [0.717, 1.165) is 25.0 Å². The van der Waals surface area contributed by atoms with Gasteiger partial charge in [-0.15, -0.1) is 0 Å². The van der Waals surface area contributed by atoms with Gasteiger partial charge in [0.25, 0.3) is 0 Å². The Labute approximate surface area is 96.2 Å². The molecule has 0 saturated heterocycles. The van der Waals surface area contributed by atoms with Crippen molar-refractivity contribution in [1.29, 1.82) is 0 Å². The van der Waals surface area contributed by atoms with Crippen LogP contribution in [0.15, 0.2) is 35.7 Å². The summed E-state index contributed by atoms with van der Waals surface area (Å²) in [7, 11) is 0. The first-order valence-corrected chi connectivity index (χ1v) is 5.77. The van der Waals surface area contributed by atoms with E-state index in [-0.39, 0.29) is 18.1 Å². The molecule has 3 unspecified atom stereocenters. The smallest absolute Gasteiger partial charge is 0.0651 e. The van der Waals surface area contributed by atoms with E-state index in [1.807, 2.05) is 18.2 Å². The molecule has 0 bridgehead atoms. The Balaban J connectivity index is 1.99. The topological polar surface area (TPSA) is 90.1 Å². The number of nitrogens with two attached hydrogens (primary N) is 3. The highest BCUT2D eigenvalue weighted by Gasteiger charge is 2.19. The highest BCUT2D eigenvalue weighted by molar-refractivity contribution is 5.28. The van der Waals surface area contributed by atoms with Crippen LogP contribution in [-0.4, -0.2) is 18.1 Å². The van der Waals surface area contributed by atoms with Crippen molar-refractivity contribution >= 4 is 0 Å². The van der Waals surface area contributed by atoms with Crippen molar-refractivity contribution in [3.05, 3.63) is 35.7 Å². The Morgan fingerprint density at radius 1 is 1.31 bits per heavy atom. The first kappa shape index (κ1) is 11.2. The van der Waals surface area contributed by atoms with E-state index >= 15 is 0 Å². The van der Waals surface area contributed by atoms with Gasteiger partial charge in [0, 0.05) is 29.9 Å². The molecule has 2 rings (SSSR count). The van der Waals surface area contributed by atoms with Crippen LogP contribution in [0.4, 0.5) is 0 Å². The van der Waals surface area contributed by atoms with Gasteiger partial charge in [-0.1, -0.05) is 12.2 Å². The molecular formula is C12H20N4. The largest absolute Gasteiger partial charge is 0.399 e. The summed E-state index contributed by atoms with van der Waals surface area (Å²) in [5.74, 6) is 0. The molecule has 2 aliphatic rings. The van der Waals surface area contributed by atoms with Crippen LogP contribution in [0.2, 0.25) is 0 Å². The molecule has 3 atom stereocenters. The van der Waals surface area contributed by atoms with Crippen molar-refractivity contribution < 1.29 is 0 Å². The molecule has 0 fully saturated rings. The first-order valence-electron chi connectivity index (χ1n) is 5.77. The number of hydrogen-bond acceptors (Lipinski definition) is 4. The lowest BCUT2D eigenvalue weighted by Crippen LogP contribution is -2.45. The SMILES string of the molecule is NC1=CC(NC2=CCCC(N)C2)C(N)C=C1. The Morgan fingerprint density at radius 2 is 2.12 bits per heavy atom. The summed E-state index contributed by atoms with van der Waals surface area (Å²) in [6.07, 6.45) is 11.0. The molecule has 2 aliphatic carbocycles. The molecule has 0 aromatic rings. The molecule has 0 amide bonds. The molecule has 0 heterocycles. The third-order valence-electron chi connectivity index (χ3n) is 3.06. The van der Waals surface area contributed by atoms with E-state index in [0.29, 0.717) is 0 Å². The maximum Gasteiger partial charge on any atom is 0.0651 e. The van der Waals surface area contributed by atoms with Crippen molar-refractivity contribution in [2.24, 2.45) is 17.2 Å². The number of rotatable bonds is 2. The van der Waals surface area contributed by atoms with Crippen LogP contribution in [0.25, 0.3) is 0 Å². The molecule has 0 aromatic carbocycles. The second-order valence-electron chi connectivity index (χ2n) is 4.54. The van der Waals surface area contributed by atoms with E-state index in [4.69, 9.17) is 17.2 Å². The minimum Gasteiger partial charge on any atom is -0.399 e. The predicted molar refractivity (Wildman–Crippen MR) is 66.2 cm³/mol. The second-order valence-corrected chi connectivity index (χ2v) is 4.54. The van der Waals surface area contributed by atoms with Crippen LogP contribution in [0.5, 0.6) is 0 Å². The third kappa shape index (κ3) is 2.65. The van der Waals surface area contributed by atoms with Crippen molar-refractivity contribution in [1.82, 2.24) is 5.32 Å². The molecule has 0 spiro atoms. The lowest BCUT2D eigenvalue weighted by Gasteiger charge is -2.28. The van der Waals surface area contributed by atoms with E-state index in [1.54, 1.807) is 0 Å². The normalized spacial score (nSPS) is 34.2. The zero-order valence-electron chi connectivity index (χ0n) is 9.39. The summed E-state index contributed by atoms with van der Waals surface area (Å²) < 4.78 is 0. The molecule has 88 valence electrons. The molecule has 0 saturated carbocycles. The highest BCUT2D eigenvalue weighted by atomic mass is 15.0. The second kappa shape index (κ2) is 4.72. The van der Waals surface area contributed by atoms with E-state index in [2.05, 4.69) is 11.4 Å². The molecule has 7 N–H and O–H groups in total. The first-order chi connectivity index (χ1) is 7.65. The van der Waals surface area contributed by atoms with Crippen molar-refractivity contribution in [3.63, 3.8) is 0 Å². The van der Waals surface area contributed by atoms with Gasteiger partial charge in [0.15, 0.2) is 0 Å². The van der Waals surface area contributed by atoms with Crippen molar-refractivity contribution in [2.45, 2.75) is 37.4 Å². The summed E-state index contributed by atoms with van der Waals surface area (Å²) in [6.45, 7) is 0. The van der Waals surface area contributed by atoms with Gasteiger partial charge in [-0.3, -0.25) is 0 Å². The lowest BCUT2D eigenvalue weighted by molar-refractivity contribution is 0.516. The van der Waals surface area contributed by atoms with Gasteiger partial charge in [0.1, 0.15) is 0 Å². The molecule has 0 radical (unpaired) electrons. The van der Waals surface area contributed by atoms with Crippen LogP contribution in [0.1, 0.15) is 19.3 Å². The Bertz CT molecular complexity index is 343. The number of nitrogens with one attached hydrogen (secondary N) is 1. The van der Waals surface area contributed by atoms with E-state index < -0.39 is 0 Å². The maximum absolute atomic E-state index is 5.99. The molecule has 4 heteroatoms. The fourth-order valence-corrected chi connectivity index (χ4v) is 2.13. The molecule has 16 heavy (non-hydrogen) atoms. The Morgan fingerprint density at radius 3 is 2.88 bits per heavy atom. The number of allylic oxidation sites excluding steroid dienone is 2. The summed E-state index contributed by atoms with van der Waals surface area (Å²) in [5.41, 5.74) is 19.6. The zero-order valence-corrected chi connectivity index (χ0v) is 9.39. The molecule has 0 aromatic heterocycles. The quantitative estimate of drug-likeness (QED) is 0.530. The summed E-state index contributed by atoms with van der Waals surface area (Å²) in [6, 6.07) is 0.331. The lowest BCUT2D eigenvalue weighted by atomic mass is 9.97. The van der Waals surface area contributed by atoms with Crippen molar-refractivity contribution in [3.8, 4) is 0 Å². The van der Waals surface area contributed by atoms with Gasteiger partial charge < -0.3 is 22.5 Å². The van der Waals surface area contributed by atoms with Crippen LogP contribution in [0, 0.1) is 0 Å². The van der Waals surface area contributed by atoms with Crippen LogP contribution >= 0.6 is 0 Å². The predicted octanol–water partition coefficient (Wildman–Crippen LogP) is 0.0794. The van der Waals surface area contributed by atoms with E-state index in [9.17, 15) is 0 Å². The standard InChI is InChI=1S/C12H20N4/c13-8-2-1-3-10(6-8)16-12-7-9(14)4-5-11(12)15/h3-5,7-8,11-12,16H,1-2,6,13-15H2. The fraction of sp³-hybridized carbons (Fsp3) is 0.500. The summed E-state index contributed by atoms with van der Waals surface area (Å²) in [4.78, 5) is 0. The Hall–Kier alpha value is -1.26. The maximum atomic E-state index is 5.99. The molecule has 4 nitrogen and oxygen atoms in total. The monoisotopic (exact) mass is 220 g/mol. The fourth-order valence-electron chi connectivity index (χ4n) is 2.13. The van der Waals surface area contributed by atoms with Gasteiger partial charge in [-0.05, 0) is 25.0 Å². The van der Waals surface area contributed by atoms with Crippen molar-refractivity contribution in [2.75, 3.05) is 0 Å². The molecule has 0 aliphatic heterocycles. The number of hydrogen-bond donors (Lipinski definition) is 4. The summed E-state index contributed by atoms with van der Waals surface area (Å²) in [5, 5.41) is 3.42. The zero-order chi connectivity index (χ0) is 11.5. The van der Waals surface area contributed by atoms with Gasteiger partial charge in [-0.2, -0.15) is 0 Å². The van der Waals surface area contributed by atoms with Gasteiger partial charge in [-0.25, -0.2) is 0 Å². The highest BCUT2D eigenvalue weighted by Crippen LogP contribution is 2.17. The minimum absolute atomic E-state index is 0.0219. The van der Waals surface area contributed by atoms with Crippen LogP contribution < -0.4 is 22.5 Å².